The third-order valence-electron chi connectivity index (χ3n) is 4.23. The molecule has 28 heavy (non-hydrogen) atoms. The molecule has 140 valence electrons. The lowest BCUT2D eigenvalue weighted by Crippen LogP contribution is -2.13. The van der Waals surface area contributed by atoms with Crippen molar-refractivity contribution in [3.63, 3.8) is 0 Å². The number of rotatable bonds is 6. The molecule has 0 atom stereocenters. The van der Waals surface area contributed by atoms with Gasteiger partial charge in [0.25, 0.3) is 5.71 Å². The average molecular weight is 374 g/mol. The number of hydrogen-bond acceptors (Lipinski definition) is 6. The second kappa shape index (κ2) is 7.92. The van der Waals surface area contributed by atoms with E-state index in [9.17, 15) is 4.79 Å². The van der Waals surface area contributed by atoms with Crippen molar-refractivity contribution in [1.29, 1.82) is 0 Å². The Morgan fingerprint density at radius 3 is 2.46 bits per heavy atom. The Labute approximate surface area is 161 Å². The molecule has 4 rings (SSSR count). The Hall–Kier alpha value is -3.67. The summed E-state index contributed by atoms with van der Waals surface area (Å²) in [6.45, 7) is 2.16. The first-order valence-corrected chi connectivity index (χ1v) is 8.90. The number of para-hydroxylation sites is 1. The monoisotopic (exact) mass is 374 g/mol. The zero-order chi connectivity index (χ0) is 19.3. The smallest absolute Gasteiger partial charge is 0.339 e. The van der Waals surface area contributed by atoms with Crippen molar-refractivity contribution in [3.8, 4) is 17.0 Å². The number of esters is 1. The number of fused-ring (bicyclic) bond motifs is 1. The van der Waals surface area contributed by atoms with Crippen molar-refractivity contribution >= 4 is 17.1 Å². The van der Waals surface area contributed by atoms with Gasteiger partial charge in [0.15, 0.2) is 0 Å². The lowest BCUT2D eigenvalue weighted by atomic mass is 10.1. The van der Waals surface area contributed by atoms with Crippen LogP contribution in [0.25, 0.3) is 22.4 Å². The maximum absolute atomic E-state index is 12.7. The molecule has 4 aromatic rings. The molecule has 0 saturated heterocycles. The molecule has 0 amide bonds. The van der Waals surface area contributed by atoms with Crippen LogP contribution in [0.3, 0.4) is 0 Å². The second-order valence-corrected chi connectivity index (χ2v) is 6.17. The molecule has 0 spiro atoms. The van der Waals surface area contributed by atoms with E-state index in [1.807, 2.05) is 60.7 Å². The number of pyridine rings is 1. The summed E-state index contributed by atoms with van der Waals surface area (Å²) in [7, 11) is 0. The molecule has 2 aromatic carbocycles. The van der Waals surface area contributed by atoms with Crippen molar-refractivity contribution in [2.75, 3.05) is 13.2 Å². The highest BCUT2D eigenvalue weighted by atomic mass is 16.6. The van der Waals surface area contributed by atoms with E-state index in [0.717, 1.165) is 11.3 Å². The third-order valence-corrected chi connectivity index (χ3v) is 4.23. The highest BCUT2D eigenvalue weighted by Gasteiger charge is 2.20. The minimum atomic E-state index is -0.465. The minimum Gasteiger partial charge on any atom is -0.490 e. The molecule has 2 heterocycles. The molecular weight excluding hydrogens is 356 g/mol. The summed E-state index contributed by atoms with van der Waals surface area (Å²) in [5.41, 5.74) is 2.78. The lowest BCUT2D eigenvalue weighted by Gasteiger charge is -2.09. The fourth-order valence-corrected chi connectivity index (χ4v) is 2.90. The summed E-state index contributed by atoms with van der Waals surface area (Å²) in [5.74, 6) is 0.263. The maximum atomic E-state index is 12.7. The Morgan fingerprint density at radius 2 is 1.71 bits per heavy atom. The normalized spacial score (nSPS) is 10.8. The quantitative estimate of drug-likeness (QED) is 0.367. The molecule has 0 radical (unpaired) electrons. The molecule has 2 aromatic heterocycles. The number of carbonyl (C=O) groups is 1. The standard InChI is InChI=1S/C22H18N2O4/c1-15-20-18(22(25)27-13-12-26-17-10-6-3-7-11-17)14-19(23-21(20)28-24-15)16-8-4-2-5-9-16/h2-11,14H,12-13H2,1H3. The van der Waals surface area contributed by atoms with Gasteiger partial charge >= 0.3 is 5.97 Å². The topological polar surface area (TPSA) is 74.5 Å². The van der Waals surface area contributed by atoms with E-state index in [0.29, 0.717) is 28.1 Å². The number of ether oxygens (including phenoxy) is 2. The zero-order valence-corrected chi connectivity index (χ0v) is 15.3. The number of nitrogens with zero attached hydrogens (tertiary/aromatic N) is 2. The van der Waals surface area contributed by atoms with Gasteiger partial charge in [0.2, 0.25) is 0 Å². The second-order valence-electron chi connectivity index (χ2n) is 6.17. The highest BCUT2D eigenvalue weighted by molar-refractivity contribution is 6.04. The van der Waals surface area contributed by atoms with Crippen LogP contribution < -0.4 is 4.74 Å². The number of hydrogen-bond donors (Lipinski definition) is 0. The van der Waals surface area contributed by atoms with Gasteiger partial charge in [-0.3, -0.25) is 0 Å². The van der Waals surface area contributed by atoms with Crippen LogP contribution in [0.2, 0.25) is 0 Å². The van der Waals surface area contributed by atoms with Crippen LogP contribution in [0.5, 0.6) is 5.75 Å². The minimum absolute atomic E-state index is 0.128. The summed E-state index contributed by atoms with van der Waals surface area (Å²) in [6, 6.07) is 20.7. The lowest BCUT2D eigenvalue weighted by molar-refractivity contribution is 0.0452. The molecule has 0 aliphatic carbocycles. The summed E-state index contributed by atoms with van der Waals surface area (Å²) >= 11 is 0. The molecule has 0 unspecified atom stereocenters. The van der Waals surface area contributed by atoms with Crippen LogP contribution in [0.1, 0.15) is 16.1 Å². The maximum Gasteiger partial charge on any atom is 0.339 e. The first kappa shape index (κ1) is 17.7. The van der Waals surface area contributed by atoms with Crippen molar-refractivity contribution in [3.05, 3.63) is 78.0 Å². The van der Waals surface area contributed by atoms with Crippen molar-refractivity contribution in [2.45, 2.75) is 6.92 Å². The molecule has 0 fully saturated rings. The van der Waals surface area contributed by atoms with Crippen LogP contribution in [0.4, 0.5) is 0 Å². The Balaban J connectivity index is 1.54. The molecule has 0 aliphatic rings. The van der Waals surface area contributed by atoms with Crippen LogP contribution in [0, 0.1) is 6.92 Å². The van der Waals surface area contributed by atoms with Gasteiger partial charge < -0.3 is 14.0 Å². The summed E-state index contributed by atoms with van der Waals surface area (Å²) in [4.78, 5) is 17.2. The van der Waals surface area contributed by atoms with Crippen molar-refractivity contribution in [2.24, 2.45) is 0 Å². The van der Waals surface area contributed by atoms with Crippen molar-refractivity contribution < 1.29 is 18.8 Å². The summed E-state index contributed by atoms with van der Waals surface area (Å²) < 4.78 is 16.3. The first-order valence-electron chi connectivity index (χ1n) is 8.90. The Bertz CT molecular complexity index is 1090. The van der Waals surface area contributed by atoms with E-state index < -0.39 is 5.97 Å². The van der Waals surface area contributed by atoms with Gasteiger partial charge in [-0.05, 0) is 25.1 Å². The average Bonchev–Trinajstić information content (AvgIpc) is 3.12. The number of aryl methyl sites for hydroxylation is 1. The van der Waals surface area contributed by atoms with E-state index in [4.69, 9.17) is 14.0 Å². The molecule has 6 heteroatoms. The van der Waals surface area contributed by atoms with Crippen LogP contribution in [0.15, 0.2) is 71.3 Å². The highest BCUT2D eigenvalue weighted by Crippen LogP contribution is 2.27. The van der Waals surface area contributed by atoms with Gasteiger partial charge in [0, 0.05) is 5.56 Å². The van der Waals surface area contributed by atoms with Crippen LogP contribution >= 0.6 is 0 Å². The SMILES string of the molecule is Cc1noc2nc(-c3ccccc3)cc(C(=O)OCCOc3ccccc3)c12. The fourth-order valence-electron chi connectivity index (χ4n) is 2.90. The van der Waals surface area contributed by atoms with Gasteiger partial charge in [-0.25, -0.2) is 9.78 Å². The fraction of sp³-hybridized carbons (Fsp3) is 0.136. The van der Waals surface area contributed by atoms with E-state index in [-0.39, 0.29) is 13.2 Å². The van der Waals surface area contributed by atoms with E-state index in [1.54, 1.807) is 13.0 Å². The van der Waals surface area contributed by atoms with E-state index in [2.05, 4.69) is 10.1 Å². The Kier molecular flexibility index (Phi) is 5.01. The van der Waals surface area contributed by atoms with Crippen LogP contribution in [-0.2, 0) is 4.74 Å². The van der Waals surface area contributed by atoms with Gasteiger partial charge in [-0.15, -0.1) is 0 Å². The van der Waals surface area contributed by atoms with Crippen molar-refractivity contribution in [1.82, 2.24) is 10.1 Å². The van der Waals surface area contributed by atoms with Gasteiger partial charge in [0.05, 0.1) is 22.3 Å². The van der Waals surface area contributed by atoms with Gasteiger partial charge in [0.1, 0.15) is 19.0 Å². The number of benzene rings is 2. The first-order chi connectivity index (χ1) is 13.7. The largest absolute Gasteiger partial charge is 0.490 e. The third kappa shape index (κ3) is 3.71. The predicted octanol–water partition coefficient (Wildman–Crippen LogP) is 4.43. The summed E-state index contributed by atoms with van der Waals surface area (Å²) in [5, 5.41) is 4.50. The molecule has 0 bridgehead atoms. The van der Waals surface area contributed by atoms with E-state index in [1.165, 1.54) is 0 Å². The number of aromatic nitrogens is 2. The molecule has 0 aliphatic heterocycles. The Morgan fingerprint density at radius 1 is 1.00 bits per heavy atom. The summed E-state index contributed by atoms with van der Waals surface area (Å²) in [6.07, 6.45) is 0. The van der Waals surface area contributed by atoms with Crippen LogP contribution in [-0.4, -0.2) is 29.3 Å². The molecule has 6 nitrogen and oxygen atoms in total. The molecule has 0 saturated carbocycles. The molecule has 0 N–H and O–H groups in total. The van der Waals surface area contributed by atoms with Gasteiger partial charge in [-0.2, -0.15) is 0 Å². The number of carbonyl (C=O) groups excluding carboxylic acids is 1. The van der Waals surface area contributed by atoms with E-state index >= 15 is 0 Å². The zero-order valence-electron chi connectivity index (χ0n) is 15.3. The molecular formula is C22H18N2O4. The predicted molar refractivity (Wildman–Crippen MR) is 104 cm³/mol. The van der Waals surface area contributed by atoms with Gasteiger partial charge in [-0.1, -0.05) is 53.7 Å².